The van der Waals surface area contributed by atoms with Crippen LogP contribution in [0.4, 0.5) is 8.78 Å². The van der Waals surface area contributed by atoms with Gasteiger partial charge >= 0.3 is 0 Å². The molecule has 2 aromatic rings. The summed E-state index contributed by atoms with van der Waals surface area (Å²) in [6.07, 6.45) is -0.634. The molecule has 0 unspecified atom stereocenters. The number of hydrogen-bond acceptors (Lipinski definition) is 4. The van der Waals surface area contributed by atoms with E-state index in [1.807, 2.05) is 6.92 Å². The molecule has 3 atom stereocenters. The Morgan fingerprint density at radius 1 is 1.18 bits per heavy atom. The Bertz CT molecular complexity index is 810. The maximum atomic E-state index is 14.5. The Morgan fingerprint density at radius 2 is 1.89 bits per heavy atom. The van der Waals surface area contributed by atoms with Crippen LogP contribution < -0.4 is 0 Å². The standard InChI is InChI=1S/C21H23ClF2O3S/c1-2-28-16-9-19(23)17(20(24)10-16)6-13-5-12(3-4-18(13)22)21-8-14(26)7-15(11-25)27-21/h3-5,9-10,14-15,21,25-26H,2,6-8,11H2,1H3/t14-,15-,21+/m0/s1. The maximum absolute atomic E-state index is 14.5. The first kappa shape index (κ1) is 21.5. The summed E-state index contributed by atoms with van der Waals surface area (Å²) >= 11 is 7.65. The van der Waals surface area contributed by atoms with Crippen molar-refractivity contribution in [1.82, 2.24) is 0 Å². The molecule has 3 nitrogen and oxygen atoms in total. The van der Waals surface area contributed by atoms with Crippen molar-refractivity contribution in [3.8, 4) is 0 Å². The van der Waals surface area contributed by atoms with Gasteiger partial charge in [0, 0.05) is 34.7 Å². The predicted octanol–water partition coefficient (Wildman–Crippen LogP) is 4.89. The molecule has 1 aliphatic heterocycles. The number of benzene rings is 2. The van der Waals surface area contributed by atoms with Crippen LogP contribution in [0.3, 0.4) is 0 Å². The van der Waals surface area contributed by atoms with E-state index >= 15 is 0 Å². The summed E-state index contributed by atoms with van der Waals surface area (Å²) in [4.78, 5) is 0.556. The molecule has 1 saturated heterocycles. The molecule has 1 heterocycles. The highest BCUT2D eigenvalue weighted by Gasteiger charge is 2.29. The fourth-order valence-electron chi connectivity index (χ4n) is 3.44. The second-order valence-corrected chi connectivity index (χ2v) is 8.63. The van der Waals surface area contributed by atoms with Crippen molar-refractivity contribution in [3.63, 3.8) is 0 Å². The number of halogens is 3. The van der Waals surface area contributed by atoms with Crippen LogP contribution in [0, 0.1) is 11.6 Å². The van der Waals surface area contributed by atoms with Crippen LogP contribution in [0.25, 0.3) is 0 Å². The molecular formula is C21H23ClF2O3S. The molecule has 1 fully saturated rings. The molecule has 0 radical (unpaired) electrons. The van der Waals surface area contributed by atoms with Gasteiger partial charge < -0.3 is 14.9 Å². The highest BCUT2D eigenvalue weighted by atomic mass is 35.5. The van der Waals surface area contributed by atoms with Crippen LogP contribution in [0.2, 0.25) is 5.02 Å². The van der Waals surface area contributed by atoms with Crippen LogP contribution in [-0.2, 0) is 11.2 Å². The van der Waals surface area contributed by atoms with Crippen LogP contribution in [-0.4, -0.2) is 34.8 Å². The molecule has 7 heteroatoms. The molecule has 152 valence electrons. The van der Waals surface area contributed by atoms with Gasteiger partial charge in [-0.3, -0.25) is 0 Å². The van der Waals surface area contributed by atoms with Crippen LogP contribution >= 0.6 is 23.4 Å². The van der Waals surface area contributed by atoms with Gasteiger partial charge in [-0.25, -0.2) is 8.78 Å². The van der Waals surface area contributed by atoms with Crippen molar-refractivity contribution in [2.75, 3.05) is 12.4 Å². The lowest BCUT2D eigenvalue weighted by molar-refractivity contribution is -0.113. The van der Waals surface area contributed by atoms with Gasteiger partial charge in [-0.1, -0.05) is 30.7 Å². The van der Waals surface area contributed by atoms with E-state index in [1.165, 1.54) is 23.9 Å². The first-order valence-corrected chi connectivity index (χ1v) is 10.6. The van der Waals surface area contributed by atoms with Crippen LogP contribution in [0.15, 0.2) is 35.2 Å². The van der Waals surface area contributed by atoms with E-state index in [9.17, 15) is 19.0 Å². The Morgan fingerprint density at radius 3 is 2.54 bits per heavy atom. The number of aliphatic hydroxyl groups excluding tert-OH is 2. The third kappa shape index (κ3) is 5.05. The summed E-state index contributed by atoms with van der Waals surface area (Å²) in [6.45, 7) is 1.75. The van der Waals surface area contributed by atoms with Crippen molar-refractivity contribution in [3.05, 3.63) is 63.7 Å². The smallest absolute Gasteiger partial charge is 0.130 e. The molecule has 0 amide bonds. The normalized spacial score (nSPS) is 22.4. The molecule has 0 aliphatic carbocycles. The third-order valence-electron chi connectivity index (χ3n) is 4.82. The van der Waals surface area contributed by atoms with E-state index in [-0.39, 0.29) is 18.6 Å². The minimum atomic E-state index is -0.595. The molecular weight excluding hydrogens is 406 g/mol. The molecule has 3 rings (SSSR count). The monoisotopic (exact) mass is 428 g/mol. The fraction of sp³-hybridized carbons (Fsp3) is 0.429. The van der Waals surface area contributed by atoms with E-state index in [4.69, 9.17) is 16.3 Å². The molecule has 1 aliphatic rings. The van der Waals surface area contributed by atoms with Gasteiger partial charge in [-0.2, -0.15) is 0 Å². The zero-order chi connectivity index (χ0) is 20.3. The van der Waals surface area contributed by atoms with Crippen molar-refractivity contribution < 1.29 is 23.7 Å². The lowest BCUT2D eigenvalue weighted by atomic mass is 9.94. The average molecular weight is 429 g/mol. The van der Waals surface area contributed by atoms with Crippen LogP contribution in [0.5, 0.6) is 0 Å². The first-order chi connectivity index (χ1) is 13.4. The Labute approximate surface area is 172 Å². The quantitative estimate of drug-likeness (QED) is 0.643. The van der Waals surface area contributed by atoms with Crippen molar-refractivity contribution in [2.24, 2.45) is 0 Å². The molecule has 0 spiro atoms. The van der Waals surface area contributed by atoms with E-state index in [1.54, 1.807) is 18.2 Å². The summed E-state index contributed by atoms with van der Waals surface area (Å²) in [5.74, 6) is -0.460. The second-order valence-electron chi connectivity index (χ2n) is 6.88. The molecule has 28 heavy (non-hydrogen) atoms. The fourth-order valence-corrected chi connectivity index (χ4v) is 4.33. The number of aliphatic hydroxyl groups is 2. The van der Waals surface area contributed by atoms with Crippen molar-refractivity contribution in [1.29, 1.82) is 0 Å². The van der Waals surface area contributed by atoms with Gasteiger partial charge in [0.2, 0.25) is 0 Å². The molecule has 2 aromatic carbocycles. The first-order valence-electron chi connectivity index (χ1n) is 9.24. The van der Waals surface area contributed by atoms with E-state index < -0.39 is 29.9 Å². The van der Waals surface area contributed by atoms with Gasteiger partial charge in [0.15, 0.2) is 0 Å². The number of thioether (sulfide) groups is 1. The summed E-state index contributed by atoms with van der Waals surface area (Å²) in [6, 6.07) is 7.89. The summed E-state index contributed by atoms with van der Waals surface area (Å²) in [5.41, 5.74) is 1.31. The number of rotatable bonds is 6. The Hall–Kier alpha value is -1.18. The van der Waals surface area contributed by atoms with Gasteiger partial charge in [0.25, 0.3) is 0 Å². The average Bonchev–Trinajstić information content (AvgIpc) is 2.65. The molecule has 2 N–H and O–H groups in total. The molecule has 0 bridgehead atoms. The minimum Gasteiger partial charge on any atom is -0.394 e. The minimum absolute atomic E-state index is 0.0140. The topological polar surface area (TPSA) is 49.7 Å². The highest BCUT2D eigenvalue weighted by Crippen LogP contribution is 2.34. The van der Waals surface area contributed by atoms with Crippen molar-refractivity contribution >= 4 is 23.4 Å². The summed E-state index contributed by atoms with van der Waals surface area (Å²) < 4.78 is 34.8. The van der Waals surface area contributed by atoms with E-state index in [2.05, 4.69) is 0 Å². The lowest BCUT2D eigenvalue weighted by Crippen LogP contribution is -2.33. The van der Waals surface area contributed by atoms with E-state index in [0.29, 0.717) is 28.3 Å². The number of ether oxygens (including phenoxy) is 1. The highest BCUT2D eigenvalue weighted by molar-refractivity contribution is 7.99. The number of hydrogen-bond donors (Lipinski definition) is 2. The lowest BCUT2D eigenvalue weighted by Gasteiger charge is -2.32. The summed E-state index contributed by atoms with van der Waals surface area (Å²) in [7, 11) is 0. The zero-order valence-electron chi connectivity index (χ0n) is 15.5. The second kappa shape index (κ2) is 9.55. The largest absolute Gasteiger partial charge is 0.394 e. The maximum Gasteiger partial charge on any atom is 0.130 e. The van der Waals surface area contributed by atoms with Crippen molar-refractivity contribution in [2.45, 2.75) is 49.4 Å². The van der Waals surface area contributed by atoms with Gasteiger partial charge in [-0.05, 0) is 35.1 Å². The SMILES string of the molecule is CCSc1cc(F)c(Cc2cc([C@H]3C[C@@H](O)C[C@@H](CO)O3)ccc2Cl)c(F)c1. The predicted molar refractivity (Wildman–Crippen MR) is 107 cm³/mol. The zero-order valence-corrected chi connectivity index (χ0v) is 17.1. The Balaban J connectivity index is 1.86. The van der Waals surface area contributed by atoms with Gasteiger partial charge in [-0.15, -0.1) is 11.8 Å². The van der Waals surface area contributed by atoms with E-state index in [0.717, 1.165) is 11.3 Å². The van der Waals surface area contributed by atoms with Gasteiger partial charge in [0.1, 0.15) is 11.6 Å². The molecule has 0 saturated carbocycles. The summed E-state index contributed by atoms with van der Waals surface area (Å²) in [5, 5.41) is 19.8. The molecule has 0 aromatic heterocycles. The third-order valence-corrected chi connectivity index (χ3v) is 6.04. The Kier molecular flexibility index (Phi) is 7.34. The van der Waals surface area contributed by atoms with Gasteiger partial charge in [0.05, 0.1) is 24.9 Å². The van der Waals surface area contributed by atoms with Crippen LogP contribution in [0.1, 0.15) is 42.6 Å².